The van der Waals surface area contributed by atoms with Crippen LogP contribution in [0.1, 0.15) is 19.8 Å². The van der Waals surface area contributed by atoms with Crippen molar-refractivity contribution in [1.82, 2.24) is 0 Å². The fourth-order valence-electron chi connectivity index (χ4n) is 0.636. The van der Waals surface area contributed by atoms with Gasteiger partial charge in [-0.05, 0) is 23.7 Å². The SMILES string of the molecule is CCCCSC=CC#C[Si](C)(C)C. The lowest BCUT2D eigenvalue weighted by Crippen LogP contribution is -2.16. The standard InChI is InChI=1S/C11H20SSi/c1-5-6-9-12-10-7-8-11-13(2,3)4/h7,10H,5-6,9H2,1-4H3. The van der Waals surface area contributed by atoms with Gasteiger partial charge in [0, 0.05) is 0 Å². The molecule has 0 aliphatic carbocycles. The van der Waals surface area contributed by atoms with Crippen LogP contribution in [-0.2, 0) is 0 Å². The van der Waals surface area contributed by atoms with E-state index in [4.69, 9.17) is 0 Å². The van der Waals surface area contributed by atoms with Gasteiger partial charge in [-0.25, -0.2) is 0 Å². The molecule has 0 aromatic heterocycles. The molecule has 0 spiro atoms. The van der Waals surface area contributed by atoms with Crippen LogP contribution in [0.2, 0.25) is 19.6 Å². The van der Waals surface area contributed by atoms with Crippen molar-refractivity contribution in [1.29, 1.82) is 0 Å². The maximum atomic E-state index is 3.30. The molecule has 0 bridgehead atoms. The zero-order chi connectivity index (χ0) is 10.2. The molecule has 0 saturated heterocycles. The van der Waals surface area contributed by atoms with Crippen LogP contribution in [0.5, 0.6) is 0 Å². The molecule has 0 radical (unpaired) electrons. The van der Waals surface area contributed by atoms with E-state index in [1.807, 2.05) is 17.8 Å². The summed E-state index contributed by atoms with van der Waals surface area (Å²) in [5.74, 6) is 4.34. The van der Waals surface area contributed by atoms with E-state index in [0.29, 0.717) is 0 Å². The van der Waals surface area contributed by atoms with Crippen LogP contribution in [0.3, 0.4) is 0 Å². The molecule has 2 heteroatoms. The largest absolute Gasteiger partial charge is 0.133 e. The quantitative estimate of drug-likeness (QED) is 0.387. The van der Waals surface area contributed by atoms with Crippen LogP contribution in [0.25, 0.3) is 0 Å². The molecule has 74 valence electrons. The molecule has 13 heavy (non-hydrogen) atoms. The van der Waals surface area contributed by atoms with Crippen molar-refractivity contribution in [2.24, 2.45) is 0 Å². The van der Waals surface area contributed by atoms with E-state index in [1.54, 1.807) is 0 Å². The number of hydrogen-bond acceptors (Lipinski definition) is 1. The first-order chi connectivity index (χ1) is 6.06. The van der Waals surface area contributed by atoms with Gasteiger partial charge in [0.05, 0.1) is 0 Å². The average Bonchev–Trinajstić information content (AvgIpc) is 2.01. The lowest BCUT2D eigenvalue weighted by atomic mass is 10.4. The van der Waals surface area contributed by atoms with Gasteiger partial charge in [0.1, 0.15) is 8.07 Å². The molecular weight excluding hydrogens is 192 g/mol. The normalized spacial score (nSPS) is 11.4. The van der Waals surface area contributed by atoms with Crippen molar-refractivity contribution in [3.8, 4) is 11.5 Å². The summed E-state index contributed by atoms with van der Waals surface area (Å²) in [5, 5.41) is 2.11. The smallest absolute Gasteiger partial charge is 0.129 e. The predicted molar refractivity (Wildman–Crippen MR) is 67.6 cm³/mol. The molecule has 0 atom stereocenters. The molecule has 0 unspecified atom stereocenters. The third kappa shape index (κ3) is 11.9. The molecule has 0 nitrogen and oxygen atoms in total. The van der Waals surface area contributed by atoms with Gasteiger partial charge in [-0.15, -0.1) is 17.3 Å². The second-order valence-electron chi connectivity index (χ2n) is 4.05. The molecule has 0 aromatic carbocycles. The van der Waals surface area contributed by atoms with Crippen molar-refractivity contribution < 1.29 is 0 Å². The molecule has 0 aliphatic heterocycles. The summed E-state index contributed by atoms with van der Waals surface area (Å²) in [6.45, 7) is 9.00. The van der Waals surface area contributed by atoms with Crippen LogP contribution >= 0.6 is 11.8 Å². The molecule has 0 rings (SSSR count). The zero-order valence-corrected chi connectivity index (χ0v) is 11.0. The Kier molecular flexibility index (Phi) is 7.21. The fourth-order valence-corrected chi connectivity index (χ4v) is 1.91. The molecule has 0 amide bonds. The molecule has 0 fully saturated rings. The van der Waals surface area contributed by atoms with E-state index in [0.717, 1.165) is 0 Å². The lowest BCUT2D eigenvalue weighted by molar-refractivity contribution is 0.898. The Morgan fingerprint density at radius 1 is 1.31 bits per heavy atom. The van der Waals surface area contributed by atoms with Gasteiger partial charge in [-0.1, -0.05) is 38.9 Å². The maximum Gasteiger partial charge on any atom is 0.129 e. The van der Waals surface area contributed by atoms with Crippen molar-refractivity contribution >= 4 is 19.8 Å². The Bertz CT molecular complexity index is 202. The molecule has 0 aliphatic rings. The van der Waals surface area contributed by atoms with E-state index in [1.165, 1.54) is 18.6 Å². The summed E-state index contributed by atoms with van der Waals surface area (Å²) >= 11 is 1.86. The predicted octanol–water partition coefficient (Wildman–Crippen LogP) is 3.91. The van der Waals surface area contributed by atoms with Gasteiger partial charge in [0.15, 0.2) is 0 Å². The summed E-state index contributed by atoms with van der Waals surface area (Å²) in [6, 6.07) is 0. The van der Waals surface area contributed by atoms with E-state index >= 15 is 0 Å². The Labute approximate surface area is 88.2 Å². The highest BCUT2D eigenvalue weighted by molar-refractivity contribution is 8.02. The van der Waals surface area contributed by atoms with E-state index in [9.17, 15) is 0 Å². The number of unbranched alkanes of at least 4 members (excludes halogenated alkanes) is 1. The third-order valence-corrected chi connectivity index (χ3v) is 3.06. The summed E-state index contributed by atoms with van der Waals surface area (Å²) in [4.78, 5) is 0. The lowest BCUT2D eigenvalue weighted by Gasteiger charge is -2.01. The molecule has 0 aromatic rings. The Morgan fingerprint density at radius 2 is 2.00 bits per heavy atom. The number of rotatable bonds is 4. The Balaban J connectivity index is 3.55. The third-order valence-electron chi connectivity index (χ3n) is 1.31. The van der Waals surface area contributed by atoms with Crippen molar-refractivity contribution in [2.45, 2.75) is 39.4 Å². The van der Waals surface area contributed by atoms with Gasteiger partial charge in [-0.3, -0.25) is 0 Å². The van der Waals surface area contributed by atoms with Gasteiger partial charge in [0.25, 0.3) is 0 Å². The van der Waals surface area contributed by atoms with Gasteiger partial charge >= 0.3 is 0 Å². The molecule has 0 heterocycles. The topological polar surface area (TPSA) is 0 Å². The highest BCUT2D eigenvalue weighted by Gasteiger charge is 2.06. The number of allylic oxidation sites excluding steroid dienone is 1. The van der Waals surface area contributed by atoms with Gasteiger partial charge < -0.3 is 0 Å². The maximum absolute atomic E-state index is 3.30. The molecule has 0 saturated carbocycles. The second kappa shape index (κ2) is 7.29. The summed E-state index contributed by atoms with van der Waals surface area (Å²) < 4.78 is 0. The minimum Gasteiger partial charge on any atom is -0.133 e. The van der Waals surface area contributed by atoms with Crippen LogP contribution in [0.15, 0.2) is 11.5 Å². The minimum absolute atomic E-state index is 1.15. The Morgan fingerprint density at radius 3 is 2.54 bits per heavy atom. The summed E-state index contributed by atoms with van der Waals surface area (Å²) in [7, 11) is -1.15. The monoisotopic (exact) mass is 212 g/mol. The van der Waals surface area contributed by atoms with Crippen LogP contribution in [-0.4, -0.2) is 13.8 Å². The van der Waals surface area contributed by atoms with Crippen LogP contribution in [0.4, 0.5) is 0 Å². The zero-order valence-electron chi connectivity index (χ0n) is 9.18. The summed E-state index contributed by atoms with van der Waals surface area (Å²) in [6.07, 6.45) is 4.57. The first-order valence-electron chi connectivity index (χ1n) is 4.85. The fraction of sp³-hybridized carbons (Fsp3) is 0.636. The van der Waals surface area contributed by atoms with Gasteiger partial charge in [-0.2, -0.15) is 0 Å². The highest BCUT2D eigenvalue weighted by Crippen LogP contribution is 2.05. The van der Waals surface area contributed by atoms with Crippen molar-refractivity contribution in [3.63, 3.8) is 0 Å². The van der Waals surface area contributed by atoms with Gasteiger partial charge in [0.2, 0.25) is 0 Å². The van der Waals surface area contributed by atoms with E-state index in [-0.39, 0.29) is 0 Å². The first kappa shape index (κ1) is 12.9. The minimum atomic E-state index is -1.15. The second-order valence-corrected chi connectivity index (χ2v) is 9.81. The summed E-state index contributed by atoms with van der Waals surface area (Å²) in [5.41, 5.74) is 3.30. The van der Waals surface area contributed by atoms with E-state index in [2.05, 4.69) is 43.4 Å². The van der Waals surface area contributed by atoms with E-state index < -0.39 is 8.07 Å². The number of thioether (sulfide) groups is 1. The van der Waals surface area contributed by atoms with Crippen molar-refractivity contribution in [2.75, 3.05) is 5.75 Å². The number of hydrogen-bond donors (Lipinski definition) is 0. The molecule has 0 N–H and O–H groups in total. The highest BCUT2D eigenvalue weighted by atomic mass is 32.2. The van der Waals surface area contributed by atoms with Crippen LogP contribution in [0, 0.1) is 11.5 Å². The Hall–Kier alpha value is -0.133. The van der Waals surface area contributed by atoms with Crippen LogP contribution < -0.4 is 0 Å². The van der Waals surface area contributed by atoms with Crippen molar-refractivity contribution in [3.05, 3.63) is 11.5 Å². The first-order valence-corrected chi connectivity index (χ1v) is 9.40. The molecular formula is C11H20SSi. The average molecular weight is 212 g/mol.